The van der Waals surface area contributed by atoms with Crippen molar-refractivity contribution in [1.29, 1.82) is 0 Å². The molecule has 0 aliphatic carbocycles. The zero-order valence-electron chi connectivity index (χ0n) is 8.14. The van der Waals surface area contributed by atoms with Crippen LogP contribution in [0.5, 0.6) is 0 Å². The second kappa shape index (κ2) is 5.17. The monoisotopic (exact) mass is 191 g/mol. The fourth-order valence-corrected chi connectivity index (χ4v) is 1.10. The van der Waals surface area contributed by atoms with Crippen molar-refractivity contribution in [2.75, 3.05) is 13.6 Å². The molecule has 74 valence electrons. The molecule has 0 bridgehead atoms. The van der Waals surface area contributed by atoms with Crippen molar-refractivity contribution >= 4 is 12.2 Å². The van der Waals surface area contributed by atoms with Crippen molar-refractivity contribution in [3.8, 4) is 0 Å². The molecule has 0 aliphatic rings. The molecule has 3 nitrogen and oxygen atoms in total. The summed E-state index contributed by atoms with van der Waals surface area (Å²) in [7, 11) is 1.66. The number of rotatable bonds is 5. The molecule has 1 rings (SSSR count). The van der Waals surface area contributed by atoms with Crippen LogP contribution in [-0.4, -0.2) is 30.7 Å². The molecular formula is C11H13NO2. The average Bonchev–Trinajstić information content (AvgIpc) is 2.26. The second-order valence-electron chi connectivity index (χ2n) is 3.13. The standard InChI is InChI=1S/C11H13NO2/c1-12(9-13)8-7-11(14)10-5-3-2-4-6-10/h2-6,9H,7-8H2,1H3. The lowest BCUT2D eigenvalue weighted by Crippen LogP contribution is -2.19. The predicted molar refractivity (Wildman–Crippen MR) is 54.1 cm³/mol. The normalized spacial score (nSPS) is 9.50. The molecule has 0 saturated heterocycles. The van der Waals surface area contributed by atoms with Gasteiger partial charge in [0.05, 0.1) is 0 Å². The summed E-state index contributed by atoms with van der Waals surface area (Å²) in [5.41, 5.74) is 0.701. The maximum atomic E-state index is 11.5. The Balaban J connectivity index is 2.47. The Bertz CT molecular complexity index is 308. The van der Waals surface area contributed by atoms with Gasteiger partial charge in [0.1, 0.15) is 0 Å². The zero-order chi connectivity index (χ0) is 10.4. The van der Waals surface area contributed by atoms with Gasteiger partial charge in [0.25, 0.3) is 0 Å². The number of amides is 1. The summed E-state index contributed by atoms with van der Waals surface area (Å²) in [5, 5.41) is 0. The second-order valence-corrected chi connectivity index (χ2v) is 3.13. The highest BCUT2D eigenvalue weighted by Gasteiger charge is 2.05. The van der Waals surface area contributed by atoms with Crippen molar-refractivity contribution in [2.24, 2.45) is 0 Å². The van der Waals surface area contributed by atoms with Crippen LogP contribution < -0.4 is 0 Å². The molecule has 0 saturated carbocycles. The van der Waals surface area contributed by atoms with Gasteiger partial charge in [0.2, 0.25) is 6.41 Å². The van der Waals surface area contributed by atoms with E-state index in [0.717, 1.165) is 6.41 Å². The van der Waals surface area contributed by atoms with Gasteiger partial charge < -0.3 is 4.90 Å². The van der Waals surface area contributed by atoms with Gasteiger partial charge in [-0.1, -0.05) is 30.3 Å². The van der Waals surface area contributed by atoms with Crippen LogP contribution in [-0.2, 0) is 4.79 Å². The summed E-state index contributed by atoms with van der Waals surface area (Å²) in [6, 6.07) is 9.09. The molecule has 1 amide bonds. The van der Waals surface area contributed by atoms with Crippen molar-refractivity contribution < 1.29 is 9.59 Å². The summed E-state index contributed by atoms with van der Waals surface area (Å²) in [4.78, 5) is 23.3. The molecule has 0 radical (unpaired) electrons. The third-order valence-electron chi connectivity index (χ3n) is 1.97. The third kappa shape index (κ3) is 3.01. The van der Waals surface area contributed by atoms with Gasteiger partial charge in [0.15, 0.2) is 5.78 Å². The number of carbonyl (C=O) groups is 2. The van der Waals surface area contributed by atoms with Crippen molar-refractivity contribution in [1.82, 2.24) is 4.90 Å². The molecule has 0 spiro atoms. The van der Waals surface area contributed by atoms with Gasteiger partial charge in [0, 0.05) is 25.6 Å². The largest absolute Gasteiger partial charge is 0.348 e. The van der Waals surface area contributed by atoms with Gasteiger partial charge in [-0.3, -0.25) is 9.59 Å². The molecule has 3 heteroatoms. The molecule has 0 aromatic heterocycles. The van der Waals surface area contributed by atoms with Gasteiger partial charge in [-0.15, -0.1) is 0 Å². The third-order valence-corrected chi connectivity index (χ3v) is 1.97. The smallest absolute Gasteiger partial charge is 0.209 e. The SMILES string of the molecule is CN(C=O)CCC(=O)c1ccccc1. The Labute approximate surface area is 83.3 Å². The molecule has 1 aromatic carbocycles. The molecule has 0 atom stereocenters. The van der Waals surface area contributed by atoms with Crippen LogP contribution in [0.25, 0.3) is 0 Å². The zero-order valence-corrected chi connectivity index (χ0v) is 8.14. The lowest BCUT2D eigenvalue weighted by molar-refractivity contribution is -0.116. The van der Waals surface area contributed by atoms with E-state index in [1.54, 1.807) is 19.2 Å². The van der Waals surface area contributed by atoms with E-state index in [4.69, 9.17) is 0 Å². The van der Waals surface area contributed by atoms with Crippen LogP contribution in [0, 0.1) is 0 Å². The Hall–Kier alpha value is -1.64. The molecule has 1 aromatic rings. The predicted octanol–water partition coefficient (Wildman–Crippen LogP) is 1.35. The van der Waals surface area contributed by atoms with Crippen LogP contribution in [0.2, 0.25) is 0 Å². The molecule has 0 aliphatic heterocycles. The first-order valence-electron chi connectivity index (χ1n) is 4.48. The Morgan fingerprint density at radius 1 is 1.36 bits per heavy atom. The fourth-order valence-electron chi connectivity index (χ4n) is 1.10. The number of hydrogen-bond acceptors (Lipinski definition) is 2. The summed E-state index contributed by atoms with van der Waals surface area (Å²) < 4.78 is 0. The minimum atomic E-state index is 0.0688. The quantitative estimate of drug-likeness (QED) is 0.520. The number of hydrogen-bond donors (Lipinski definition) is 0. The highest BCUT2D eigenvalue weighted by molar-refractivity contribution is 5.96. The van der Waals surface area contributed by atoms with Gasteiger partial charge in [-0.05, 0) is 0 Å². The fraction of sp³-hybridized carbons (Fsp3) is 0.273. The number of carbonyl (C=O) groups excluding carboxylic acids is 2. The summed E-state index contributed by atoms with van der Waals surface area (Å²) in [6.45, 7) is 0.469. The van der Waals surface area contributed by atoms with E-state index in [9.17, 15) is 9.59 Å². The maximum absolute atomic E-state index is 11.5. The molecule has 0 heterocycles. The molecule has 0 N–H and O–H groups in total. The summed E-state index contributed by atoms with van der Waals surface area (Å²) in [5.74, 6) is 0.0688. The van der Waals surface area contributed by atoms with Crippen LogP contribution in [0.15, 0.2) is 30.3 Å². The Morgan fingerprint density at radius 2 is 2.00 bits per heavy atom. The van der Waals surface area contributed by atoms with E-state index in [2.05, 4.69) is 0 Å². The number of nitrogens with zero attached hydrogens (tertiary/aromatic N) is 1. The van der Waals surface area contributed by atoms with E-state index in [-0.39, 0.29) is 5.78 Å². The Kier molecular flexibility index (Phi) is 3.85. The number of benzene rings is 1. The van der Waals surface area contributed by atoms with Gasteiger partial charge in [-0.25, -0.2) is 0 Å². The van der Waals surface area contributed by atoms with Crippen LogP contribution in [0.3, 0.4) is 0 Å². The van der Waals surface area contributed by atoms with E-state index in [1.807, 2.05) is 18.2 Å². The van der Waals surface area contributed by atoms with Gasteiger partial charge in [-0.2, -0.15) is 0 Å². The number of ketones is 1. The molecular weight excluding hydrogens is 178 g/mol. The number of Topliss-reactive ketones (excluding diaryl/α,β-unsaturated/α-hetero) is 1. The van der Waals surface area contributed by atoms with Crippen LogP contribution in [0.1, 0.15) is 16.8 Å². The first kappa shape index (κ1) is 10.4. The first-order valence-corrected chi connectivity index (χ1v) is 4.48. The first-order chi connectivity index (χ1) is 6.74. The van der Waals surface area contributed by atoms with E-state index in [0.29, 0.717) is 18.5 Å². The maximum Gasteiger partial charge on any atom is 0.209 e. The summed E-state index contributed by atoms with van der Waals surface area (Å²) >= 11 is 0. The highest BCUT2D eigenvalue weighted by atomic mass is 16.1. The van der Waals surface area contributed by atoms with Crippen molar-refractivity contribution in [3.63, 3.8) is 0 Å². The highest BCUT2D eigenvalue weighted by Crippen LogP contribution is 2.02. The lowest BCUT2D eigenvalue weighted by Gasteiger charge is -2.08. The lowest BCUT2D eigenvalue weighted by atomic mass is 10.1. The van der Waals surface area contributed by atoms with E-state index >= 15 is 0 Å². The van der Waals surface area contributed by atoms with Crippen LogP contribution in [0.4, 0.5) is 0 Å². The van der Waals surface area contributed by atoms with Crippen molar-refractivity contribution in [2.45, 2.75) is 6.42 Å². The minimum absolute atomic E-state index is 0.0688. The van der Waals surface area contributed by atoms with Gasteiger partial charge >= 0.3 is 0 Å². The molecule has 0 unspecified atom stereocenters. The average molecular weight is 191 g/mol. The van der Waals surface area contributed by atoms with E-state index < -0.39 is 0 Å². The van der Waals surface area contributed by atoms with Crippen LogP contribution >= 0.6 is 0 Å². The van der Waals surface area contributed by atoms with Crippen molar-refractivity contribution in [3.05, 3.63) is 35.9 Å². The molecule has 0 fully saturated rings. The Morgan fingerprint density at radius 3 is 2.57 bits per heavy atom. The summed E-state index contributed by atoms with van der Waals surface area (Å²) in [6.07, 6.45) is 1.09. The molecule has 14 heavy (non-hydrogen) atoms. The minimum Gasteiger partial charge on any atom is -0.348 e. The topological polar surface area (TPSA) is 37.4 Å². The van der Waals surface area contributed by atoms with E-state index in [1.165, 1.54) is 4.90 Å².